The summed E-state index contributed by atoms with van der Waals surface area (Å²) in [6.07, 6.45) is 3.17. The number of nitrogens with zero attached hydrogens (tertiary/aromatic N) is 2. The van der Waals surface area contributed by atoms with Crippen molar-refractivity contribution in [1.29, 1.82) is 0 Å². The lowest BCUT2D eigenvalue weighted by Crippen LogP contribution is -1.91. The number of aromatic amines is 1. The van der Waals surface area contributed by atoms with E-state index in [-0.39, 0.29) is 0 Å². The molecule has 2 rings (SSSR count). The second kappa shape index (κ2) is 3.18. The van der Waals surface area contributed by atoms with Crippen LogP contribution in [0.5, 0.6) is 0 Å². The number of furan rings is 1. The van der Waals surface area contributed by atoms with E-state index in [2.05, 4.69) is 25.8 Å². The number of anilines is 3. The third-order valence-electron chi connectivity index (χ3n) is 1.51. The highest BCUT2D eigenvalue weighted by molar-refractivity contribution is 5.51. The van der Waals surface area contributed by atoms with Gasteiger partial charge in [-0.2, -0.15) is 0 Å². The highest BCUT2D eigenvalue weighted by atomic mass is 16.3. The first-order chi connectivity index (χ1) is 6.38. The minimum absolute atomic E-state index is 0.575. The van der Waals surface area contributed by atoms with Crippen LogP contribution in [0, 0.1) is 0 Å². The number of nitrogens with one attached hydrogen (secondary N) is 3. The third kappa shape index (κ3) is 1.61. The van der Waals surface area contributed by atoms with Crippen LogP contribution in [0.4, 0.5) is 17.6 Å². The van der Waals surface area contributed by atoms with E-state index >= 15 is 0 Å². The fourth-order valence-corrected chi connectivity index (χ4v) is 0.903. The maximum atomic E-state index is 4.88. The Kier molecular flexibility index (Phi) is 1.87. The Bertz CT molecular complexity index is 366. The number of hydrogen-bond donors (Lipinski definition) is 3. The molecule has 6 heteroatoms. The first-order valence-electron chi connectivity index (χ1n) is 3.78. The predicted molar refractivity (Wildman–Crippen MR) is 47.9 cm³/mol. The summed E-state index contributed by atoms with van der Waals surface area (Å²) in [6, 6.07) is 1.79. The van der Waals surface area contributed by atoms with Crippen molar-refractivity contribution in [3.8, 4) is 0 Å². The summed E-state index contributed by atoms with van der Waals surface area (Å²) in [4.78, 5) is 2.92. The molecular formula is C7H9N5O. The van der Waals surface area contributed by atoms with Crippen LogP contribution in [-0.4, -0.2) is 22.2 Å². The topological polar surface area (TPSA) is 78.8 Å². The summed E-state index contributed by atoms with van der Waals surface area (Å²) in [5.41, 5.74) is 0.832. The Labute approximate surface area is 74.4 Å². The normalized spacial score (nSPS) is 9.92. The number of hydrogen-bond acceptors (Lipinski definition) is 5. The van der Waals surface area contributed by atoms with Crippen molar-refractivity contribution < 1.29 is 4.42 Å². The molecule has 0 unspecified atom stereocenters. The lowest BCUT2D eigenvalue weighted by Gasteiger charge is -1.94. The molecule has 13 heavy (non-hydrogen) atoms. The monoisotopic (exact) mass is 179 g/mol. The fraction of sp³-hybridized carbons (Fsp3) is 0.143. The average molecular weight is 179 g/mol. The molecule has 68 valence electrons. The summed E-state index contributed by atoms with van der Waals surface area (Å²) >= 11 is 0. The molecule has 0 aliphatic carbocycles. The molecule has 6 nitrogen and oxygen atoms in total. The van der Waals surface area contributed by atoms with E-state index in [0.717, 1.165) is 5.69 Å². The van der Waals surface area contributed by atoms with Crippen LogP contribution in [-0.2, 0) is 0 Å². The predicted octanol–water partition coefficient (Wildman–Crippen LogP) is 1.18. The largest absolute Gasteiger partial charge is 0.470 e. The highest BCUT2D eigenvalue weighted by Gasteiger charge is 2.00. The minimum atomic E-state index is 0.575. The molecule has 0 bridgehead atoms. The van der Waals surface area contributed by atoms with Crippen molar-refractivity contribution in [3.05, 3.63) is 18.6 Å². The fourth-order valence-electron chi connectivity index (χ4n) is 0.903. The van der Waals surface area contributed by atoms with Gasteiger partial charge in [-0.25, -0.2) is 0 Å². The van der Waals surface area contributed by atoms with Crippen LogP contribution < -0.4 is 10.6 Å². The average Bonchev–Trinajstić information content (AvgIpc) is 2.76. The molecule has 2 aromatic rings. The van der Waals surface area contributed by atoms with Gasteiger partial charge in [0.05, 0.1) is 12.0 Å². The Morgan fingerprint density at radius 3 is 2.85 bits per heavy atom. The molecule has 0 saturated carbocycles. The Hall–Kier alpha value is -1.98. The summed E-state index contributed by atoms with van der Waals surface area (Å²) in [7, 11) is 1.77. The van der Waals surface area contributed by atoms with E-state index in [1.54, 1.807) is 25.6 Å². The van der Waals surface area contributed by atoms with Crippen molar-refractivity contribution in [2.75, 3.05) is 17.7 Å². The van der Waals surface area contributed by atoms with Gasteiger partial charge in [-0.1, -0.05) is 0 Å². The highest BCUT2D eigenvalue weighted by Crippen LogP contribution is 2.12. The Morgan fingerprint density at radius 1 is 1.38 bits per heavy atom. The second-order valence-corrected chi connectivity index (χ2v) is 2.41. The van der Waals surface area contributed by atoms with E-state index in [4.69, 9.17) is 4.42 Å². The molecular weight excluding hydrogens is 170 g/mol. The lowest BCUT2D eigenvalue weighted by atomic mass is 10.5. The van der Waals surface area contributed by atoms with Gasteiger partial charge in [0.15, 0.2) is 0 Å². The number of H-pyrrole nitrogens is 1. The van der Waals surface area contributed by atoms with Crippen LogP contribution >= 0.6 is 0 Å². The molecule has 2 heterocycles. The zero-order valence-electron chi connectivity index (χ0n) is 7.03. The first-order valence-corrected chi connectivity index (χ1v) is 3.78. The van der Waals surface area contributed by atoms with E-state index in [0.29, 0.717) is 11.9 Å². The van der Waals surface area contributed by atoms with E-state index in [1.165, 1.54) is 0 Å². The molecule has 0 aliphatic heterocycles. The van der Waals surface area contributed by atoms with E-state index < -0.39 is 0 Å². The summed E-state index contributed by atoms with van der Waals surface area (Å²) in [5.74, 6) is 1.19. The maximum Gasteiger partial charge on any atom is 0.227 e. The van der Waals surface area contributed by atoms with Gasteiger partial charge in [-0.05, 0) is 6.07 Å². The molecule has 2 aromatic heterocycles. The van der Waals surface area contributed by atoms with Gasteiger partial charge >= 0.3 is 0 Å². The number of aromatic nitrogens is 3. The van der Waals surface area contributed by atoms with Crippen molar-refractivity contribution in [1.82, 2.24) is 15.2 Å². The lowest BCUT2D eigenvalue weighted by molar-refractivity contribution is 0.568. The van der Waals surface area contributed by atoms with Crippen molar-refractivity contribution in [2.45, 2.75) is 0 Å². The maximum absolute atomic E-state index is 4.88. The van der Waals surface area contributed by atoms with Gasteiger partial charge < -0.3 is 15.1 Å². The molecule has 0 aliphatic rings. The van der Waals surface area contributed by atoms with Gasteiger partial charge in [0, 0.05) is 7.05 Å². The van der Waals surface area contributed by atoms with Crippen LogP contribution in [0.15, 0.2) is 23.0 Å². The first kappa shape index (κ1) is 7.66. The van der Waals surface area contributed by atoms with Crippen molar-refractivity contribution in [2.24, 2.45) is 0 Å². The molecule has 0 spiro atoms. The zero-order chi connectivity index (χ0) is 9.10. The summed E-state index contributed by atoms with van der Waals surface area (Å²) in [6.45, 7) is 0. The van der Waals surface area contributed by atoms with Crippen LogP contribution in [0.2, 0.25) is 0 Å². The van der Waals surface area contributed by atoms with E-state index in [1.807, 2.05) is 0 Å². The molecule has 0 amide bonds. The third-order valence-corrected chi connectivity index (χ3v) is 1.51. The van der Waals surface area contributed by atoms with Gasteiger partial charge in [-0.3, -0.25) is 4.98 Å². The van der Waals surface area contributed by atoms with Gasteiger partial charge in [-0.15, -0.1) is 10.2 Å². The van der Waals surface area contributed by atoms with Crippen LogP contribution in [0.1, 0.15) is 0 Å². The summed E-state index contributed by atoms with van der Waals surface area (Å²) < 4.78 is 4.88. The Morgan fingerprint density at radius 2 is 2.23 bits per heavy atom. The van der Waals surface area contributed by atoms with Gasteiger partial charge in [0.2, 0.25) is 11.9 Å². The molecule has 0 fully saturated rings. The molecule has 0 radical (unpaired) electrons. The molecule has 0 saturated heterocycles. The van der Waals surface area contributed by atoms with Gasteiger partial charge in [0.25, 0.3) is 0 Å². The summed E-state index contributed by atoms with van der Waals surface area (Å²) in [5, 5.41) is 13.5. The van der Waals surface area contributed by atoms with Crippen LogP contribution in [0.3, 0.4) is 0 Å². The SMILES string of the molecule is CNc1nnc(Nc2ccoc2)[nH]1. The second-order valence-electron chi connectivity index (χ2n) is 2.41. The Balaban J connectivity index is 2.10. The van der Waals surface area contributed by atoms with Gasteiger partial charge in [0.1, 0.15) is 6.26 Å². The zero-order valence-corrected chi connectivity index (χ0v) is 7.03. The van der Waals surface area contributed by atoms with Crippen molar-refractivity contribution in [3.63, 3.8) is 0 Å². The minimum Gasteiger partial charge on any atom is -0.470 e. The quantitative estimate of drug-likeness (QED) is 0.659. The van der Waals surface area contributed by atoms with Crippen LogP contribution in [0.25, 0.3) is 0 Å². The number of rotatable bonds is 3. The van der Waals surface area contributed by atoms with Crippen molar-refractivity contribution >= 4 is 17.6 Å². The van der Waals surface area contributed by atoms with E-state index in [9.17, 15) is 0 Å². The molecule has 0 atom stereocenters. The smallest absolute Gasteiger partial charge is 0.227 e. The molecule has 3 N–H and O–H groups in total. The molecule has 0 aromatic carbocycles. The standard InChI is InChI=1S/C7H9N5O/c1-8-6-10-7(12-11-6)9-5-2-3-13-4-5/h2-4H,1H3,(H3,8,9,10,11,12).